The Balaban J connectivity index is 1.78. The lowest BCUT2D eigenvalue weighted by Gasteiger charge is -2.39. The van der Waals surface area contributed by atoms with Gasteiger partial charge in [0.15, 0.2) is 6.10 Å². The van der Waals surface area contributed by atoms with Crippen molar-refractivity contribution in [1.29, 1.82) is 0 Å². The number of rotatable bonds is 12. The predicted octanol–water partition coefficient (Wildman–Crippen LogP) is 4.81. The van der Waals surface area contributed by atoms with E-state index in [0.29, 0.717) is 44.6 Å². The fraction of sp³-hybridized carbons (Fsp3) is 0.675. The molecule has 10 atom stereocenters. The van der Waals surface area contributed by atoms with Crippen molar-refractivity contribution in [1.82, 2.24) is 9.88 Å². The Kier molecular flexibility index (Phi) is 16.3. The Hall–Kier alpha value is -3.29. The highest BCUT2D eigenvalue weighted by atomic mass is 16.6. The first kappa shape index (κ1) is 43.1. The van der Waals surface area contributed by atoms with Gasteiger partial charge in [0.1, 0.15) is 11.7 Å². The minimum atomic E-state index is -1.34. The number of aliphatic hydroxyl groups is 4. The van der Waals surface area contributed by atoms with E-state index < -0.39 is 53.8 Å². The quantitative estimate of drug-likeness (QED) is 0.133. The van der Waals surface area contributed by atoms with E-state index in [9.17, 15) is 30.0 Å². The van der Waals surface area contributed by atoms with Crippen LogP contribution in [0.5, 0.6) is 0 Å². The third kappa shape index (κ3) is 12.4. The summed E-state index contributed by atoms with van der Waals surface area (Å²) in [5, 5.41) is 42.9. The predicted molar refractivity (Wildman–Crippen MR) is 201 cm³/mol. The van der Waals surface area contributed by atoms with Crippen molar-refractivity contribution in [2.24, 2.45) is 17.8 Å². The molecule has 52 heavy (non-hydrogen) atoms. The number of esters is 1. The molecule has 292 valence electrons. The van der Waals surface area contributed by atoms with Gasteiger partial charge in [-0.1, -0.05) is 52.0 Å². The monoisotopic (exact) mass is 729 g/mol. The van der Waals surface area contributed by atoms with Crippen molar-refractivity contribution in [3.8, 4) is 0 Å². The smallest absolute Gasteiger partial charge is 0.410 e. The standard InChI is InChI=1S/C40H63N3O9/c1-9-33(45)29(4)30(5)34(46)26-39(6,49)17-10-11-27(2)37-28(3)12-13-35(40(7,50-8)18-14-32(44)25-36(47)52-37)51-38(48)43-23-21-42(22-24-43)31-15-19-41-20-16-31/h10-13,15-17,19-20,28-30,32-35,37,44-46,49H,9,14,18,21-26H2,1-8H3/b13-12+,17-10+,27-11+. The number of anilines is 1. The van der Waals surface area contributed by atoms with Gasteiger partial charge in [-0.2, -0.15) is 0 Å². The summed E-state index contributed by atoms with van der Waals surface area (Å²) in [6.07, 6.45) is 8.79. The van der Waals surface area contributed by atoms with Gasteiger partial charge < -0.3 is 44.4 Å². The molecule has 0 bridgehead atoms. The van der Waals surface area contributed by atoms with E-state index in [-0.39, 0.29) is 37.0 Å². The third-order valence-corrected chi connectivity index (χ3v) is 10.9. The van der Waals surface area contributed by atoms with E-state index in [1.165, 1.54) is 0 Å². The molecule has 12 nitrogen and oxygen atoms in total. The van der Waals surface area contributed by atoms with Gasteiger partial charge in [0, 0.05) is 63.7 Å². The fourth-order valence-electron chi connectivity index (χ4n) is 6.79. The highest BCUT2D eigenvalue weighted by molar-refractivity contribution is 5.70. The molecule has 0 spiro atoms. The van der Waals surface area contributed by atoms with Gasteiger partial charge in [0.05, 0.1) is 30.3 Å². The summed E-state index contributed by atoms with van der Waals surface area (Å²) in [5.74, 6) is -1.28. The van der Waals surface area contributed by atoms with Gasteiger partial charge in [-0.25, -0.2) is 4.79 Å². The summed E-state index contributed by atoms with van der Waals surface area (Å²) in [4.78, 5) is 34.5. The number of pyridine rings is 1. The van der Waals surface area contributed by atoms with Gasteiger partial charge in [-0.15, -0.1) is 0 Å². The zero-order valence-corrected chi connectivity index (χ0v) is 32.4. The number of allylic oxidation sites excluding steroid dienone is 2. The number of aliphatic hydroxyl groups excluding tert-OH is 3. The lowest BCUT2D eigenvalue weighted by Crippen LogP contribution is -2.51. The number of cyclic esters (lactones) is 1. The number of aromatic nitrogens is 1. The molecule has 1 aromatic rings. The van der Waals surface area contributed by atoms with E-state index in [1.54, 1.807) is 55.6 Å². The Morgan fingerprint density at radius 3 is 2.38 bits per heavy atom. The van der Waals surface area contributed by atoms with Gasteiger partial charge in [0.25, 0.3) is 0 Å². The molecule has 3 rings (SSSR count). The van der Waals surface area contributed by atoms with Crippen LogP contribution in [0.15, 0.2) is 60.5 Å². The SMILES string of the molecule is CCC(O)C(C)C(C)C(O)CC(C)(O)/C=C/C=C(\C)C1OC(=O)CC(O)CCC(C)(OC)C(OC(=O)N2CCN(c3ccncc3)CC2)/C=C/C1C. The molecule has 1 aromatic heterocycles. The maximum absolute atomic E-state index is 13.5. The minimum Gasteiger partial charge on any atom is -0.457 e. The van der Waals surface area contributed by atoms with Gasteiger partial charge in [-0.3, -0.25) is 9.78 Å². The number of ether oxygens (including phenoxy) is 3. The number of hydrogen-bond acceptors (Lipinski definition) is 11. The Morgan fingerprint density at radius 2 is 1.77 bits per heavy atom. The molecule has 0 saturated carbocycles. The molecule has 4 N–H and O–H groups in total. The molecule has 0 aromatic carbocycles. The normalized spacial score (nSPS) is 29.5. The molecular formula is C40H63N3O9. The number of piperazine rings is 1. The molecule has 1 saturated heterocycles. The summed E-state index contributed by atoms with van der Waals surface area (Å²) in [6, 6.07) is 3.89. The zero-order chi connectivity index (χ0) is 38.6. The van der Waals surface area contributed by atoms with E-state index in [2.05, 4.69) is 9.88 Å². The van der Waals surface area contributed by atoms with Crippen LogP contribution in [-0.4, -0.2) is 117 Å². The minimum absolute atomic E-state index is 0.0760. The Morgan fingerprint density at radius 1 is 1.13 bits per heavy atom. The van der Waals surface area contributed by atoms with Crippen LogP contribution in [0.4, 0.5) is 10.5 Å². The largest absolute Gasteiger partial charge is 0.457 e. The van der Waals surface area contributed by atoms with Crippen molar-refractivity contribution in [2.45, 2.75) is 122 Å². The second-order valence-corrected chi connectivity index (χ2v) is 15.1. The van der Waals surface area contributed by atoms with Crippen molar-refractivity contribution >= 4 is 17.7 Å². The number of amides is 1. The maximum Gasteiger partial charge on any atom is 0.410 e. The zero-order valence-electron chi connectivity index (χ0n) is 32.4. The van der Waals surface area contributed by atoms with Crippen LogP contribution in [0.2, 0.25) is 0 Å². The van der Waals surface area contributed by atoms with Gasteiger partial charge in [-0.05, 0) is 75.7 Å². The van der Waals surface area contributed by atoms with E-state index in [0.717, 1.165) is 5.69 Å². The molecule has 10 unspecified atom stereocenters. The van der Waals surface area contributed by atoms with Crippen LogP contribution in [0.25, 0.3) is 0 Å². The second kappa shape index (κ2) is 19.7. The number of nitrogens with zero attached hydrogens (tertiary/aromatic N) is 3. The number of carbonyl (C=O) groups excluding carboxylic acids is 2. The fourth-order valence-corrected chi connectivity index (χ4v) is 6.79. The molecule has 2 aliphatic rings. The first-order chi connectivity index (χ1) is 24.5. The van der Waals surface area contributed by atoms with Crippen molar-refractivity contribution in [3.05, 3.63) is 60.5 Å². The van der Waals surface area contributed by atoms with Crippen LogP contribution >= 0.6 is 0 Å². The van der Waals surface area contributed by atoms with Crippen molar-refractivity contribution < 1.29 is 44.2 Å². The van der Waals surface area contributed by atoms with Crippen LogP contribution in [0, 0.1) is 17.8 Å². The Labute approximate surface area is 310 Å². The second-order valence-electron chi connectivity index (χ2n) is 15.1. The maximum atomic E-state index is 13.5. The van der Waals surface area contributed by atoms with Gasteiger partial charge >= 0.3 is 12.1 Å². The molecule has 12 heteroatoms. The highest BCUT2D eigenvalue weighted by Crippen LogP contribution is 2.31. The van der Waals surface area contributed by atoms with Crippen molar-refractivity contribution in [2.75, 3.05) is 38.2 Å². The summed E-state index contributed by atoms with van der Waals surface area (Å²) in [6.45, 7) is 15.1. The molecule has 1 amide bonds. The average Bonchev–Trinajstić information content (AvgIpc) is 3.12. The highest BCUT2D eigenvalue weighted by Gasteiger charge is 2.39. The number of methoxy groups -OCH3 is 1. The van der Waals surface area contributed by atoms with E-state index in [1.807, 2.05) is 59.8 Å². The first-order valence-corrected chi connectivity index (χ1v) is 18.7. The Bertz CT molecular complexity index is 1360. The lowest BCUT2D eigenvalue weighted by atomic mass is 9.81. The summed E-state index contributed by atoms with van der Waals surface area (Å²) < 4.78 is 18.0. The lowest BCUT2D eigenvalue weighted by molar-refractivity contribution is -0.151. The van der Waals surface area contributed by atoms with Crippen LogP contribution < -0.4 is 4.90 Å². The van der Waals surface area contributed by atoms with E-state index in [4.69, 9.17) is 14.2 Å². The molecule has 2 aliphatic heterocycles. The molecular weight excluding hydrogens is 666 g/mol. The topological polar surface area (TPSA) is 162 Å². The van der Waals surface area contributed by atoms with Crippen molar-refractivity contribution in [3.63, 3.8) is 0 Å². The third-order valence-electron chi connectivity index (χ3n) is 10.9. The molecule has 1 fully saturated rings. The summed E-state index contributed by atoms with van der Waals surface area (Å²) >= 11 is 0. The van der Waals surface area contributed by atoms with Crippen LogP contribution in [0.1, 0.15) is 80.6 Å². The molecule has 3 heterocycles. The first-order valence-electron chi connectivity index (χ1n) is 18.7. The van der Waals surface area contributed by atoms with Crippen LogP contribution in [0.3, 0.4) is 0 Å². The number of hydrogen-bond donors (Lipinski definition) is 4. The molecule has 0 radical (unpaired) electrons. The van der Waals surface area contributed by atoms with E-state index >= 15 is 0 Å². The van der Waals surface area contributed by atoms with Gasteiger partial charge in [0.2, 0.25) is 0 Å². The summed E-state index contributed by atoms with van der Waals surface area (Å²) in [7, 11) is 1.55. The summed E-state index contributed by atoms with van der Waals surface area (Å²) in [5.41, 5.74) is -0.591. The average molecular weight is 730 g/mol. The number of carbonyl (C=O) groups is 2. The molecule has 0 aliphatic carbocycles. The van der Waals surface area contributed by atoms with Crippen LogP contribution in [-0.2, 0) is 19.0 Å².